The first-order valence-electron chi connectivity index (χ1n) is 9.60. The van der Waals surface area contributed by atoms with Gasteiger partial charge in [0.05, 0.1) is 19.8 Å². The van der Waals surface area contributed by atoms with Crippen LogP contribution in [-0.4, -0.2) is 26.0 Å². The highest BCUT2D eigenvalue weighted by atomic mass is 16.5. The Labute approximate surface area is 177 Å². The van der Waals surface area contributed by atoms with Crippen LogP contribution in [0.1, 0.15) is 32.0 Å². The molecule has 0 fully saturated rings. The number of aryl methyl sites for hydroxylation is 2. The van der Waals surface area contributed by atoms with E-state index in [0.29, 0.717) is 35.6 Å². The second-order valence-electron chi connectivity index (χ2n) is 6.92. The van der Waals surface area contributed by atoms with Gasteiger partial charge in [-0.3, -0.25) is 9.59 Å². The molecule has 0 bridgehead atoms. The van der Waals surface area contributed by atoms with E-state index in [1.54, 1.807) is 42.5 Å². The van der Waals surface area contributed by atoms with Crippen molar-refractivity contribution in [3.8, 4) is 11.5 Å². The third-order valence-electron chi connectivity index (χ3n) is 5.03. The van der Waals surface area contributed by atoms with E-state index in [-0.39, 0.29) is 17.0 Å². The molecule has 0 atom stereocenters. The fourth-order valence-corrected chi connectivity index (χ4v) is 3.44. The van der Waals surface area contributed by atoms with E-state index in [0.717, 1.165) is 5.56 Å². The number of hydrogen-bond donors (Lipinski definition) is 2. The van der Waals surface area contributed by atoms with Crippen LogP contribution in [0.3, 0.4) is 0 Å². The highest BCUT2D eigenvalue weighted by Crippen LogP contribution is 2.35. The molecular formula is C23H20N2O6. The van der Waals surface area contributed by atoms with Gasteiger partial charge >= 0.3 is 5.63 Å². The van der Waals surface area contributed by atoms with Gasteiger partial charge in [-0.25, -0.2) is 4.79 Å². The normalized spacial score (nSPS) is 12.5. The number of fused-ring (bicyclic) bond motifs is 2. The molecule has 0 saturated carbocycles. The Kier molecular flexibility index (Phi) is 5.44. The fraction of sp³-hybridized carbons (Fsp3) is 0.174. The third-order valence-corrected chi connectivity index (χ3v) is 5.03. The summed E-state index contributed by atoms with van der Waals surface area (Å²) in [5.41, 5.74) is 1.14. The summed E-state index contributed by atoms with van der Waals surface area (Å²) in [4.78, 5) is 37.8. The third kappa shape index (κ3) is 4.00. The predicted octanol–water partition coefficient (Wildman–Crippen LogP) is 3.26. The van der Waals surface area contributed by atoms with Gasteiger partial charge in [-0.05, 0) is 36.2 Å². The molecule has 2 amide bonds. The van der Waals surface area contributed by atoms with E-state index in [4.69, 9.17) is 13.9 Å². The van der Waals surface area contributed by atoms with Crippen molar-refractivity contribution in [2.24, 2.45) is 0 Å². The standard InChI is InChI=1S/C23H20N2O6/c1-29-19-10-14-8-9-18-15(22(27)24-16(14)12-20(19)30-2)11-17(23(28)31-18)25-21(26)13-6-4-3-5-7-13/h3-7,10-12H,8-9H2,1-2H3,(H,24,27)(H,25,26). The Balaban J connectivity index is 1.67. The second kappa shape index (κ2) is 8.35. The summed E-state index contributed by atoms with van der Waals surface area (Å²) < 4.78 is 16.0. The summed E-state index contributed by atoms with van der Waals surface area (Å²) in [7, 11) is 3.05. The van der Waals surface area contributed by atoms with Crippen molar-refractivity contribution in [3.05, 3.63) is 81.4 Å². The zero-order valence-corrected chi connectivity index (χ0v) is 17.0. The number of hydrogen-bond acceptors (Lipinski definition) is 6. The molecule has 1 aliphatic rings. The van der Waals surface area contributed by atoms with E-state index in [9.17, 15) is 14.4 Å². The number of amides is 2. The minimum Gasteiger partial charge on any atom is -0.493 e. The number of anilines is 2. The molecular weight excluding hydrogens is 400 g/mol. The first-order valence-corrected chi connectivity index (χ1v) is 9.60. The number of carbonyl (C=O) groups excluding carboxylic acids is 2. The Morgan fingerprint density at radius 3 is 2.42 bits per heavy atom. The molecule has 8 heteroatoms. The van der Waals surface area contributed by atoms with Crippen LogP contribution in [0.5, 0.6) is 11.5 Å². The van der Waals surface area contributed by atoms with Crippen molar-refractivity contribution in [2.45, 2.75) is 12.8 Å². The van der Waals surface area contributed by atoms with Gasteiger partial charge in [-0.15, -0.1) is 0 Å². The average Bonchev–Trinajstić information content (AvgIpc) is 2.78. The molecule has 0 aliphatic carbocycles. The van der Waals surface area contributed by atoms with Crippen molar-refractivity contribution in [1.82, 2.24) is 0 Å². The van der Waals surface area contributed by atoms with Gasteiger partial charge in [-0.2, -0.15) is 0 Å². The summed E-state index contributed by atoms with van der Waals surface area (Å²) in [6.45, 7) is 0. The van der Waals surface area contributed by atoms with Gasteiger partial charge in [0.25, 0.3) is 11.8 Å². The monoisotopic (exact) mass is 420 g/mol. The Morgan fingerprint density at radius 2 is 1.71 bits per heavy atom. The highest BCUT2D eigenvalue weighted by Gasteiger charge is 2.24. The van der Waals surface area contributed by atoms with E-state index < -0.39 is 17.4 Å². The summed E-state index contributed by atoms with van der Waals surface area (Å²) in [5, 5.41) is 5.35. The molecule has 4 rings (SSSR count). The van der Waals surface area contributed by atoms with Crippen LogP contribution in [0.4, 0.5) is 11.4 Å². The molecule has 1 aromatic heterocycles. The van der Waals surface area contributed by atoms with Crippen molar-refractivity contribution in [2.75, 3.05) is 24.9 Å². The van der Waals surface area contributed by atoms with E-state index in [1.807, 2.05) is 0 Å². The molecule has 2 aromatic carbocycles. The smallest absolute Gasteiger partial charge is 0.359 e. The molecule has 1 aliphatic heterocycles. The minimum absolute atomic E-state index is 0.101. The largest absolute Gasteiger partial charge is 0.493 e. The highest BCUT2D eigenvalue weighted by molar-refractivity contribution is 6.08. The molecule has 31 heavy (non-hydrogen) atoms. The summed E-state index contributed by atoms with van der Waals surface area (Å²) in [6.07, 6.45) is 0.828. The second-order valence-corrected chi connectivity index (χ2v) is 6.92. The predicted molar refractivity (Wildman–Crippen MR) is 114 cm³/mol. The van der Waals surface area contributed by atoms with E-state index in [2.05, 4.69) is 10.6 Å². The number of carbonyl (C=O) groups is 2. The molecule has 0 spiro atoms. The van der Waals surface area contributed by atoms with Crippen LogP contribution < -0.4 is 25.7 Å². The molecule has 2 heterocycles. The number of rotatable bonds is 4. The van der Waals surface area contributed by atoms with E-state index >= 15 is 0 Å². The van der Waals surface area contributed by atoms with Gasteiger partial charge < -0.3 is 24.5 Å². The van der Waals surface area contributed by atoms with Gasteiger partial charge in [0.1, 0.15) is 11.4 Å². The van der Waals surface area contributed by atoms with Gasteiger partial charge in [-0.1, -0.05) is 18.2 Å². The maximum Gasteiger partial charge on any atom is 0.359 e. The number of benzene rings is 2. The molecule has 0 unspecified atom stereocenters. The van der Waals surface area contributed by atoms with E-state index in [1.165, 1.54) is 20.3 Å². The van der Waals surface area contributed by atoms with Gasteiger partial charge in [0.15, 0.2) is 11.5 Å². The lowest BCUT2D eigenvalue weighted by molar-refractivity contribution is 0.101. The molecule has 3 aromatic rings. The lowest BCUT2D eigenvalue weighted by Gasteiger charge is -2.19. The lowest BCUT2D eigenvalue weighted by Crippen LogP contribution is -2.23. The molecule has 158 valence electrons. The molecule has 8 nitrogen and oxygen atoms in total. The quantitative estimate of drug-likeness (QED) is 0.671. The average molecular weight is 420 g/mol. The van der Waals surface area contributed by atoms with Crippen molar-refractivity contribution >= 4 is 23.2 Å². The van der Waals surface area contributed by atoms with Crippen LogP contribution in [0.2, 0.25) is 0 Å². The minimum atomic E-state index is -0.719. The van der Waals surface area contributed by atoms with Crippen LogP contribution in [0.25, 0.3) is 0 Å². The van der Waals surface area contributed by atoms with Gasteiger partial charge in [0, 0.05) is 23.7 Å². The SMILES string of the molecule is COc1cc2c(cc1OC)NC(=O)c1cc(NC(=O)c3ccccc3)c(=O)oc1CC2. The Bertz CT molecular complexity index is 1220. The lowest BCUT2D eigenvalue weighted by atomic mass is 10.00. The van der Waals surface area contributed by atoms with Gasteiger partial charge in [0.2, 0.25) is 0 Å². The number of methoxy groups -OCH3 is 2. The summed E-state index contributed by atoms with van der Waals surface area (Å²) in [6, 6.07) is 13.3. The number of ether oxygens (including phenoxy) is 2. The van der Waals surface area contributed by atoms with Crippen LogP contribution in [-0.2, 0) is 12.8 Å². The molecule has 0 radical (unpaired) electrons. The van der Waals surface area contributed by atoms with Crippen LogP contribution >= 0.6 is 0 Å². The Morgan fingerprint density at radius 1 is 1.00 bits per heavy atom. The Hall–Kier alpha value is -4.07. The molecule has 2 N–H and O–H groups in total. The van der Waals surface area contributed by atoms with Crippen molar-refractivity contribution in [3.63, 3.8) is 0 Å². The van der Waals surface area contributed by atoms with Crippen molar-refractivity contribution < 1.29 is 23.5 Å². The fourth-order valence-electron chi connectivity index (χ4n) is 3.44. The molecule has 0 saturated heterocycles. The maximum absolute atomic E-state index is 12.9. The van der Waals surface area contributed by atoms with Crippen LogP contribution in [0, 0.1) is 0 Å². The first-order chi connectivity index (χ1) is 15.0. The zero-order valence-electron chi connectivity index (χ0n) is 17.0. The van der Waals surface area contributed by atoms with Crippen LogP contribution in [0.15, 0.2) is 57.7 Å². The maximum atomic E-state index is 12.9. The number of nitrogens with one attached hydrogen (secondary N) is 2. The van der Waals surface area contributed by atoms with Crippen molar-refractivity contribution in [1.29, 1.82) is 0 Å². The first kappa shape index (κ1) is 20.2. The zero-order chi connectivity index (χ0) is 22.0. The topological polar surface area (TPSA) is 107 Å². The summed E-state index contributed by atoms with van der Waals surface area (Å²) in [5.74, 6) is 0.346. The summed E-state index contributed by atoms with van der Waals surface area (Å²) >= 11 is 0.